The van der Waals surface area contributed by atoms with Crippen LogP contribution in [-0.2, 0) is 9.53 Å². The third kappa shape index (κ3) is 3.87. The molecule has 130 valence electrons. The summed E-state index contributed by atoms with van der Waals surface area (Å²) in [6.45, 7) is 0. The molecule has 24 heavy (non-hydrogen) atoms. The van der Waals surface area contributed by atoms with Crippen molar-refractivity contribution in [2.45, 2.75) is 18.0 Å². The van der Waals surface area contributed by atoms with Crippen molar-refractivity contribution in [3.05, 3.63) is 40.6 Å². The fourth-order valence-electron chi connectivity index (χ4n) is 1.28. The van der Waals surface area contributed by atoms with Crippen molar-refractivity contribution < 1.29 is 40.3 Å². The third-order valence-corrected chi connectivity index (χ3v) is 3.09. The molecule has 0 aliphatic heterocycles. The van der Waals surface area contributed by atoms with Crippen LogP contribution in [0.15, 0.2) is 35.0 Å². The number of nitrogens with zero attached hydrogens (tertiary/aromatic N) is 1. The molecule has 0 saturated heterocycles. The number of alkyl halides is 7. The number of esters is 1. The normalized spacial score (nSPS) is 13.4. The maximum atomic E-state index is 13.0. The molecule has 0 aliphatic rings. The molecule has 1 rings (SSSR count). The molecule has 0 aromatic heterocycles. The molecule has 3 nitrogen and oxygen atoms in total. The fraction of sp³-hybridized carbons (Fsp3) is 0.231. The van der Waals surface area contributed by atoms with Gasteiger partial charge in [-0.1, -0.05) is 28.1 Å². The predicted octanol–water partition coefficient (Wildman–Crippen LogP) is 4.69. The van der Waals surface area contributed by atoms with Gasteiger partial charge in [-0.25, -0.2) is 4.79 Å². The van der Waals surface area contributed by atoms with Crippen molar-refractivity contribution in [2.24, 2.45) is 0 Å². The van der Waals surface area contributed by atoms with Crippen LogP contribution in [-0.4, -0.2) is 24.0 Å². The Labute approximate surface area is 138 Å². The number of hydrogen-bond donors (Lipinski definition) is 0. The SMILES string of the molecule is N#CC(=COC(=O)C(F)(F)C(F)(F)C(F)(F)F)c1ccc(Br)cc1. The minimum Gasteiger partial charge on any atom is -0.428 e. The van der Waals surface area contributed by atoms with Crippen LogP contribution in [0.3, 0.4) is 0 Å². The van der Waals surface area contributed by atoms with Crippen LogP contribution in [0.2, 0.25) is 0 Å². The van der Waals surface area contributed by atoms with Crippen LogP contribution in [0.4, 0.5) is 30.7 Å². The summed E-state index contributed by atoms with van der Waals surface area (Å²) >= 11 is 3.07. The van der Waals surface area contributed by atoms with Gasteiger partial charge in [-0.05, 0) is 17.7 Å². The van der Waals surface area contributed by atoms with E-state index >= 15 is 0 Å². The molecule has 0 fully saturated rings. The Kier molecular flexibility index (Phi) is 5.66. The molecule has 0 N–H and O–H groups in total. The molecule has 1 aromatic carbocycles. The highest BCUT2D eigenvalue weighted by Gasteiger charge is 2.77. The van der Waals surface area contributed by atoms with Gasteiger partial charge in [0.25, 0.3) is 0 Å². The smallest absolute Gasteiger partial charge is 0.428 e. The molecule has 0 heterocycles. The zero-order chi connectivity index (χ0) is 18.8. The second-order valence-electron chi connectivity index (χ2n) is 4.20. The Bertz CT molecular complexity index is 690. The van der Waals surface area contributed by atoms with Crippen LogP contribution in [0, 0.1) is 11.3 Å². The summed E-state index contributed by atoms with van der Waals surface area (Å²) in [5, 5.41) is 8.82. The third-order valence-electron chi connectivity index (χ3n) is 2.57. The van der Waals surface area contributed by atoms with Crippen LogP contribution in [0.5, 0.6) is 0 Å². The lowest BCUT2D eigenvalue weighted by atomic mass is 10.1. The molecule has 0 bridgehead atoms. The van der Waals surface area contributed by atoms with E-state index in [1.807, 2.05) is 0 Å². The zero-order valence-electron chi connectivity index (χ0n) is 11.2. The van der Waals surface area contributed by atoms with Crippen LogP contribution >= 0.6 is 15.9 Å². The predicted molar refractivity (Wildman–Crippen MR) is 69.8 cm³/mol. The Morgan fingerprint density at radius 3 is 2.00 bits per heavy atom. The van der Waals surface area contributed by atoms with Gasteiger partial charge in [-0.15, -0.1) is 0 Å². The Morgan fingerprint density at radius 2 is 1.58 bits per heavy atom. The molecule has 0 aliphatic carbocycles. The number of carbonyl (C=O) groups is 1. The monoisotopic (exact) mass is 419 g/mol. The van der Waals surface area contributed by atoms with Gasteiger partial charge >= 0.3 is 24.0 Å². The molecule has 0 radical (unpaired) electrons. The van der Waals surface area contributed by atoms with E-state index in [9.17, 15) is 35.5 Å². The van der Waals surface area contributed by atoms with Crippen molar-refractivity contribution in [1.29, 1.82) is 5.26 Å². The van der Waals surface area contributed by atoms with Gasteiger partial charge in [0.15, 0.2) is 0 Å². The molecule has 0 amide bonds. The first-order valence-corrected chi connectivity index (χ1v) is 6.53. The maximum absolute atomic E-state index is 13.0. The van der Waals surface area contributed by atoms with Gasteiger partial charge in [-0.2, -0.15) is 36.0 Å². The van der Waals surface area contributed by atoms with E-state index < -0.39 is 29.6 Å². The van der Waals surface area contributed by atoms with E-state index in [0.717, 1.165) is 0 Å². The average molecular weight is 420 g/mol. The summed E-state index contributed by atoms with van der Waals surface area (Å²) in [4.78, 5) is 11.0. The van der Waals surface area contributed by atoms with Crippen molar-refractivity contribution in [3.8, 4) is 6.07 Å². The topological polar surface area (TPSA) is 50.1 Å². The van der Waals surface area contributed by atoms with Crippen LogP contribution in [0.1, 0.15) is 5.56 Å². The Morgan fingerprint density at radius 1 is 1.08 bits per heavy atom. The lowest BCUT2D eigenvalue weighted by Crippen LogP contribution is -2.56. The van der Waals surface area contributed by atoms with Crippen LogP contribution < -0.4 is 0 Å². The van der Waals surface area contributed by atoms with E-state index in [1.165, 1.54) is 30.3 Å². The zero-order valence-corrected chi connectivity index (χ0v) is 12.8. The quantitative estimate of drug-likeness (QED) is 0.308. The van der Waals surface area contributed by atoms with Crippen molar-refractivity contribution in [2.75, 3.05) is 0 Å². The van der Waals surface area contributed by atoms with Gasteiger partial charge in [0.05, 0.1) is 5.57 Å². The summed E-state index contributed by atoms with van der Waals surface area (Å²) in [5.41, 5.74) is -0.485. The second kappa shape index (κ2) is 6.80. The number of carbonyl (C=O) groups excluding carboxylic acids is 1. The van der Waals surface area contributed by atoms with Crippen molar-refractivity contribution >= 4 is 27.5 Å². The van der Waals surface area contributed by atoms with E-state index in [2.05, 4.69) is 20.7 Å². The fourth-order valence-corrected chi connectivity index (χ4v) is 1.55. The standard InChI is InChI=1S/C13H5BrF7NO2/c14-9-3-1-7(2-4-9)8(5-22)6-24-10(23)11(15,16)12(17,18)13(19,20)21/h1-4,6H. The summed E-state index contributed by atoms with van der Waals surface area (Å²) in [7, 11) is 0. The van der Waals surface area contributed by atoms with Gasteiger partial charge in [0, 0.05) is 4.47 Å². The lowest BCUT2D eigenvalue weighted by Gasteiger charge is -2.25. The molecule has 1 aromatic rings. The lowest BCUT2D eigenvalue weighted by molar-refractivity contribution is -0.347. The van der Waals surface area contributed by atoms with Gasteiger partial charge in [-0.3, -0.25) is 0 Å². The number of hydrogen-bond acceptors (Lipinski definition) is 3. The Hall–Kier alpha value is -2.09. The van der Waals surface area contributed by atoms with Gasteiger partial charge < -0.3 is 4.74 Å². The number of rotatable bonds is 4. The number of benzene rings is 1. The summed E-state index contributed by atoms with van der Waals surface area (Å²) in [5.74, 6) is -15.9. The van der Waals surface area contributed by atoms with Gasteiger partial charge in [0.2, 0.25) is 0 Å². The molecule has 0 unspecified atom stereocenters. The van der Waals surface area contributed by atoms with Gasteiger partial charge in [0.1, 0.15) is 12.3 Å². The highest BCUT2D eigenvalue weighted by Crippen LogP contribution is 2.47. The summed E-state index contributed by atoms with van der Waals surface area (Å²) in [6, 6.07) is 6.85. The first kappa shape index (κ1) is 20.0. The number of allylic oxidation sites excluding steroid dienone is 1. The minimum absolute atomic E-state index is 0.0550. The van der Waals surface area contributed by atoms with E-state index in [4.69, 9.17) is 5.26 Å². The number of halogens is 8. The highest BCUT2D eigenvalue weighted by molar-refractivity contribution is 9.10. The van der Waals surface area contributed by atoms with E-state index in [0.29, 0.717) is 4.47 Å². The summed E-state index contributed by atoms with van der Waals surface area (Å²) < 4.78 is 91.5. The Balaban J connectivity index is 3.05. The van der Waals surface area contributed by atoms with E-state index in [1.54, 1.807) is 0 Å². The van der Waals surface area contributed by atoms with Crippen molar-refractivity contribution in [3.63, 3.8) is 0 Å². The first-order chi connectivity index (χ1) is 10.8. The largest absolute Gasteiger partial charge is 0.460 e. The average Bonchev–Trinajstić information content (AvgIpc) is 2.47. The summed E-state index contributed by atoms with van der Waals surface area (Å²) in [6.07, 6.45) is -6.59. The van der Waals surface area contributed by atoms with E-state index in [-0.39, 0.29) is 11.8 Å². The molecular formula is C13H5BrF7NO2. The van der Waals surface area contributed by atoms with Crippen LogP contribution in [0.25, 0.3) is 5.57 Å². The first-order valence-electron chi connectivity index (χ1n) is 5.74. The maximum Gasteiger partial charge on any atom is 0.460 e. The molecule has 11 heteroatoms. The molecule has 0 atom stereocenters. The molecular weight excluding hydrogens is 415 g/mol. The molecule has 0 spiro atoms. The highest BCUT2D eigenvalue weighted by atomic mass is 79.9. The number of ether oxygens (including phenoxy) is 1. The second-order valence-corrected chi connectivity index (χ2v) is 5.12. The molecule has 0 saturated carbocycles. The minimum atomic E-state index is -6.66. The van der Waals surface area contributed by atoms with Crippen molar-refractivity contribution in [1.82, 2.24) is 0 Å². The number of nitriles is 1.